The Labute approximate surface area is 130 Å². The first kappa shape index (κ1) is 15.3. The van der Waals surface area contributed by atoms with E-state index in [1.165, 1.54) is 25.1 Å². The van der Waals surface area contributed by atoms with Crippen molar-refractivity contribution >= 4 is 43.2 Å². The molecule has 0 radical (unpaired) electrons. The van der Waals surface area contributed by atoms with Gasteiger partial charge in [-0.05, 0) is 64.8 Å². The summed E-state index contributed by atoms with van der Waals surface area (Å²) in [6.07, 6.45) is 0. The normalized spacial score (nSPS) is 11.4. The van der Waals surface area contributed by atoms with Gasteiger partial charge < -0.3 is 0 Å². The minimum atomic E-state index is -3.78. The molecule has 0 bridgehead atoms. The lowest BCUT2D eigenvalue weighted by molar-refractivity contribution is 0.598. The van der Waals surface area contributed by atoms with Gasteiger partial charge in [0, 0.05) is 4.47 Å². The molecule has 0 saturated carbocycles. The lowest BCUT2D eigenvalue weighted by atomic mass is 10.2. The number of benzene rings is 2. The number of aryl methyl sites for hydroxylation is 1. The minimum Gasteiger partial charge on any atom is -0.280 e. The smallest absolute Gasteiger partial charge is 0.262 e. The number of hydrogen-bond acceptors (Lipinski definition) is 2. The summed E-state index contributed by atoms with van der Waals surface area (Å²) < 4.78 is 40.6. The molecule has 0 aliphatic carbocycles. The molecule has 2 aromatic rings. The average Bonchev–Trinajstić information content (AvgIpc) is 2.33. The molecule has 0 saturated heterocycles. The van der Waals surface area contributed by atoms with Gasteiger partial charge in [-0.15, -0.1) is 0 Å². The fraction of sp³-hybridized carbons (Fsp3) is 0.0769. The van der Waals surface area contributed by atoms with Crippen LogP contribution in [0.15, 0.2) is 45.8 Å². The van der Waals surface area contributed by atoms with Crippen LogP contribution >= 0.6 is 27.5 Å². The van der Waals surface area contributed by atoms with E-state index in [1.54, 1.807) is 12.1 Å². The van der Waals surface area contributed by atoms with E-state index in [9.17, 15) is 12.8 Å². The second-order valence-electron chi connectivity index (χ2n) is 4.14. The zero-order valence-electron chi connectivity index (χ0n) is 10.3. The third-order valence-corrected chi connectivity index (χ3v) is 5.37. The maximum Gasteiger partial charge on any atom is 0.262 e. The van der Waals surface area contributed by atoms with E-state index >= 15 is 0 Å². The van der Waals surface area contributed by atoms with E-state index in [4.69, 9.17) is 11.6 Å². The molecule has 2 rings (SSSR count). The molecular weight excluding hydrogens is 369 g/mol. The number of sulfonamides is 1. The van der Waals surface area contributed by atoms with Gasteiger partial charge in [-0.3, -0.25) is 4.72 Å². The van der Waals surface area contributed by atoms with Crippen LogP contribution in [0, 0.1) is 12.7 Å². The van der Waals surface area contributed by atoms with Crippen molar-refractivity contribution in [3.8, 4) is 0 Å². The lowest BCUT2D eigenvalue weighted by Crippen LogP contribution is -2.14. The summed E-state index contributed by atoms with van der Waals surface area (Å²) in [5.74, 6) is -0.479. The largest absolute Gasteiger partial charge is 0.280 e. The molecule has 0 heterocycles. The van der Waals surface area contributed by atoms with Crippen molar-refractivity contribution in [2.45, 2.75) is 11.8 Å². The summed E-state index contributed by atoms with van der Waals surface area (Å²) in [4.78, 5) is 0.0259. The molecule has 0 aromatic heterocycles. The predicted octanol–water partition coefficient (Wildman–Crippen LogP) is 4.35. The van der Waals surface area contributed by atoms with Crippen LogP contribution in [-0.4, -0.2) is 8.42 Å². The van der Waals surface area contributed by atoms with Crippen LogP contribution in [0.5, 0.6) is 0 Å². The second-order valence-corrected chi connectivity index (χ2v) is 7.06. The topological polar surface area (TPSA) is 46.2 Å². The van der Waals surface area contributed by atoms with Crippen molar-refractivity contribution in [3.63, 3.8) is 0 Å². The Morgan fingerprint density at radius 1 is 1.20 bits per heavy atom. The van der Waals surface area contributed by atoms with Crippen molar-refractivity contribution in [1.82, 2.24) is 0 Å². The van der Waals surface area contributed by atoms with Gasteiger partial charge in [0.15, 0.2) is 0 Å². The van der Waals surface area contributed by atoms with Crippen LogP contribution in [0.1, 0.15) is 5.56 Å². The molecule has 0 spiro atoms. The van der Waals surface area contributed by atoms with Crippen molar-refractivity contribution in [1.29, 1.82) is 0 Å². The zero-order chi connectivity index (χ0) is 14.9. The Bertz CT molecular complexity index is 765. The highest BCUT2D eigenvalue weighted by molar-refractivity contribution is 9.10. The molecule has 20 heavy (non-hydrogen) atoms. The maximum atomic E-state index is 13.0. The third kappa shape index (κ3) is 3.31. The van der Waals surface area contributed by atoms with Crippen molar-refractivity contribution in [3.05, 3.63) is 57.3 Å². The number of rotatable bonds is 3. The highest BCUT2D eigenvalue weighted by atomic mass is 79.9. The molecule has 3 nitrogen and oxygen atoms in total. The van der Waals surface area contributed by atoms with Crippen LogP contribution in [0.3, 0.4) is 0 Å². The van der Waals surface area contributed by atoms with Gasteiger partial charge in [-0.1, -0.05) is 11.6 Å². The van der Waals surface area contributed by atoms with E-state index in [0.717, 1.165) is 6.07 Å². The Hall–Kier alpha value is -1.11. The summed E-state index contributed by atoms with van der Waals surface area (Å²) in [6.45, 7) is 1.53. The molecule has 0 aliphatic rings. The standard InChI is InChI=1S/C13H10BrClFNO2S/c1-8-6-9(16)2-5-13(8)20(18,19)17-10-3-4-11(14)12(15)7-10/h2-7,17H,1H3. The molecule has 0 amide bonds. The molecule has 106 valence electrons. The summed E-state index contributed by atoms with van der Waals surface area (Å²) >= 11 is 9.13. The summed E-state index contributed by atoms with van der Waals surface area (Å²) in [5, 5.41) is 0.390. The first-order valence-corrected chi connectivity index (χ1v) is 8.19. The monoisotopic (exact) mass is 377 g/mol. The summed E-state index contributed by atoms with van der Waals surface area (Å²) in [5.41, 5.74) is 0.669. The fourth-order valence-corrected chi connectivity index (χ4v) is 3.39. The average molecular weight is 379 g/mol. The van der Waals surface area contributed by atoms with Crippen molar-refractivity contribution in [2.24, 2.45) is 0 Å². The summed E-state index contributed by atoms with van der Waals surface area (Å²) in [6, 6.07) is 8.21. The Balaban J connectivity index is 2.38. The van der Waals surface area contributed by atoms with Gasteiger partial charge in [0.05, 0.1) is 15.6 Å². The molecule has 0 unspecified atom stereocenters. The molecule has 0 fully saturated rings. The van der Waals surface area contributed by atoms with Crippen LogP contribution in [0.2, 0.25) is 5.02 Å². The van der Waals surface area contributed by atoms with Gasteiger partial charge in [-0.2, -0.15) is 0 Å². The molecular formula is C13H10BrClFNO2S. The quantitative estimate of drug-likeness (QED) is 0.863. The SMILES string of the molecule is Cc1cc(F)ccc1S(=O)(=O)Nc1ccc(Br)c(Cl)c1. The maximum absolute atomic E-state index is 13.0. The minimum absolute atomic E-state index is 0.0259. The lowest BCUT2D eigenvalue weighted by Gasteiger charge is -2.11. The van der Waals surface area contributed by atoms with E-state index in [2.05, 4.69) is 20.7 Å². The van der Waals surface area contributed by atoms with Gasteiger partial charge in [0.25, 0.3) is 10.0 Å². The van der Waals surface area contributed by atoms with Gasteiger partial charge in [0.2, 0.25) is 0 Å². The number of nitrogens with one attached hydrogen (secondary N) is 1. The van der Waals surface area contributed by atoms with Gasteiger partial charge in [-0.25, -0.2) is 12.8 Å². The van der Waals surface area contributed by atoms with Crippen LogP contribution in [0.25, 0.3) is 0 Å². The first-order chi connectivity index (χ1) is 9.29. The van der Waals surface area contributed by atoms with E-state index in [-0.39, 0.29) is 4.90 Å². The Kier molecular flexibility index (Phi) is 4.36. The highest BCUT2D eigenvalue weighted by Gasteiger charge is 2.17. The zero-order valence-corrected chi connectivity index (χ0v) is 13.5. The van der Waals surface area contributed by atoms with Crippen LogP contribution in [0.4, 0.5) is 10.1 Å². The Morgan fingerprint density at radius 2 is 1.90 bits per heavy atom. The van der Waals surface area contributed by atoms with Crippen molar-refractivity contribution < 1.29 is 12.8 Å². The third-order valence-electron chi connectivity index (χ3n) is 2.60. The first-order valence-electron chi connectivity index (χ1n) is 5.53. The van der Waals surface area contributed by atoms with Crippen LogP contribution < -0.4 is 4.72 Å². The van der Waals surface area contributed by atoms with E-state index < -0.39 is 15.8 Å². The van der Waals surface area contributed by atoms with Crippen molar-refractivity contribution in [2.75, 3.05) is 4.72 Å². The second kappa shape index (κ2) is 5.71. The van der Waals surface area contributed by atoms with Gasteiger partial charge in [0.1, 0.15) is 5.82 Å². The van der Waals surface area contributed by atoms with E-state index in [1.807, 2.05) is 0 Å². The van der Waals surface area contributed by atoms with Crippen LogP contribution in [-0.2, 0) is 10.0 Å². The molecule has 0 aliphatic heterocycles. The Morgan fingerprint density at radius 3 is 2.50 bits per heavy atom. The molecule has 7 heteroatoms. The molecule has 1 N–H and O–H groups in total. The fourth-order valence-electron chi connectivity index (χ4n) is 1.68. The van der Waals surface area contributed by atoms with Gasteiger partial charge >= 0.3 is 0 Å². The summed E-state index contributed by atoms with van der Waals surface area (Å²) in [7, 11) is -3.78. The predicted molar refractivity (Wildman–Crippen MR) is 81.1 cm³/mol. The molecule has 2 aromatic carbocycles. The highest BCUT2D eigenvalue weighted by Crippen LogP contribution is 2.27. The number of anilines is 1. The number of halogens is 3. The number of hydrogen-bond donors (Lipinski definition) is 1. The van der Waals surface area contributed by atoms with E-state index in [0.29, 0.717) is 20.7 Å². The molecule has 0 atom stereocenters.